The summed E-state index contributed by atoms with van der Waals surface area (Å²) in [6, 6.07) is 0. The zero-order valence-electron chi connectivity index (χ0n) is 13.9. The van der Waals surface area contributed by atoms with Crippen LogP contribution in [-0.4, -0.2) is 114 Å². The number of hydrogen-bond acceptors (Lipinski definition) is 5. The van der Waals surface area contributed by atoms with Crippen molar-refractivity contribution >= 4 is 0 Å². The lowest BCUT2D eigenvalue weighted by molar-refractivity contribution is 0.104. The molecule has 0 amide bonds. The van der Waals surface area contributed by atoms with E-state index < -0.39 is 0 Å². The fraction of sp³-hybridized carbons (Fsp3) is 1.00. The second-order valence-corrected chi connectivity index (χ2v) is 5.83. The number of rotatable bonds is 6. The summed E-state index contributed by atoms with van der Waals surface area (Å²) in [5.41, 5.74) is 0. The molecule has 0 atom stereocenters. The van der Waals surface area contributed by atoms with Gasteiger partial charge in [-0.15, -0.1) is 0 Å². The molecule has 0 radical (unpaired) electrons. The highest BCUT2D eigenvalue weighted by Gasteiger charge is 2.07. The molecule has 5 nitrogen and oxygen atoms in total. The van der Waals surface area contributed by atoms with Crippen LogP contribution in [0.3, 0.4) is 0 Å². The maximum Gasteiger partial charge on any atom is 0.0593 e. The molecule has 1 fully saturated rings. The molecule has 1 aliphatic rings. The number of piperazine rings is 1. The molecule has 5 heteroatoms. The van der Waals surface area contributed by atoms with Crippen LogP contribution >= 0.6 is 0 Å². The predicted octanol–water partition coefficient (Wildman–Crippen LogP) is -0.0102. The van der Waals surface area contributed by atoms with Crippen LogP contribution in [0, 0.1) is 0 Å². The Morgan fingerprint density at radius 1 is 0.737 bits per heavy atom. The fourth-order valence-corrected chi connectivity index (χ4v) is 1.50. The Bertz CT molecular complexity index is 172. The van der Waals surface area contributed by atoms with E-state index in [1.54, 1.807) is 0 Å². The van der Waals surface area contributed by atoms with Gasteiger partial charge in [-0.05, 0) is 42.3 Å². The highest BCUT2D eigenvalue weighted by Crippen LogP contribution is 1.93. The molecule has 1 saturated heterocycles. The highest BCUT2D eigenvalue weighted by molar-refractivity contribution is 4.64. The Morgan fingerprint density at radius 3 is 1.32 bits per heavy atom. The number of nitrogens with zero attached hydrogens (tertiary/aromatic N) is 4. The molecule has 1 heterocycles. The average Bonchev–Trinajstić information content (AvgIpc) is 2.32. The molecule has 1 aliphatic heterocycles. The van der Waals surface area contributed by atoms with E-state index in [0.29, 0.717) is 0 Å². The summed E-state index contributed by atoms with van der Waals surface area (Å²) >= 11 is 0. The molecule has 1 rings (SSSR count). The van der Waals surface area contributed by atoms with Gasteiger partial charge in [0.1, 0.15) is 0 Å². The van der Waals surface area contributed by atoms with Crippen molar-refractivity contribution in [2.24, 2.45) is 0 Å². The first-order chi connectivity index (χ1) is 8.91. The first-order valence-corrected chi connectivity index (χ1v) is 7.16. The van der Waals surface area contributed by atoms with Crippen molar-refractivity contribution in [3.63, 3.8) is 0 Å². The third kappa shape index (κ3) is 14.0. The normalized spacial score (nSPS) is 17.7. The van der Waals surface area contributed by atoms with Gasteiger partial charge < -0.3 is 24.3 Å². The van der Waals surface area contributed by atoms with E-state index in [9.17, 15) is 0 Å². The van der Waals surface area contributed by atoms with E-state index in [2.05, 4.69) is 61.9 Å². The summed E-state index contributed by atoms with van der Waals surface area (Å²) in [6.07, 6.45) is 0. The van der Waals surface area contributed by atoms with Gasteiger partial charge in [-0.25, -0.2) is 0 Å². The Labute approximate surface area is 120 Å². The van der Waals surface area contributed by atoms with Crippen LogP contribution in [0.25, 0.3) is 0 Å². The van der Waals surface area contributed by atoms with Gasteiger partial charge in [0.05, 0.1) is 13.2 Å². The summed E-state index contributed by atoms with van der Waals surface area (Å²) in [4.78, 5) is 8.96. The minimum Gasteiger partial charge on any atom is -0.379 e. The van der Waals surface area contributed by atoms with E-state index in [-0.39, 0.29) is 0 Å². The second kappa shape index (κ2) is 11.6. The molecule has 0 aromatic rings. The lowest BCUT2D eigenvalue weighted by Crippen LogP contribution is -2.42. The van der Waals surface area contributed by atoms with Crippen molar-refractivity contribution in [1.82, 2.24) is 19.6 Å². The number of ether oxygens (including phenoxy) is 1. The van der Waals surface area contributed by atoms with Crippen molar-refractivity contribution in [3.8, 4) is 0 Å². The van der Waals surface area contributed by atoms with Crippen molar-refractivity contribution in [2.75, 3.05) is 94.8 Å². The molecule has 0 bridgehead atoms. The quantitative estimate of drug-likeness (QED) is 0.634. The molecule has 116 valence electrons. The summed E-state index contributed by atoms with van der Waals surface area (Å²) in [7, 11) is 12.6. The van der Waals surface area contributed by atoms with Crippen LogP contribution in [0.1, 0.15) is 0 Å². The molecule has 0 spiro atoms. The van der Waals surface area contributed by atoms with Gasteiger partial charge in [-0.1, -0.05) is 0 Å². The van der Waals surface area contributed by atoms with Gasteiger partial charge in [0.2, 0.25) is 0 Å². The van der Waals surface area contributed by atoms with E-state index in [1.807, 2.05) is 0 Å². The third-order valence-corrected chi connectivity index (χ3v) is 3.09. The van der Waals surface area contributed by atoms with Crippen molar-refractivity contribution in [1.29, 1.82) is 0 Å². The summed E-state index contributed by atoms with van der Waals surface area (Å²) in [6.45, 7) is 8.61. The van der Waals surface area contributed by atoms with Gasteiger partial charge in [0, 0.05) is 39.3 Å². The van der Waals surface area contributed by atoms with Gasteiger partial charge in [0.25, 0.3) is 0 Å². The van der Waals surface area contributed by atoms with E-state index in [1.165, 1.54) is 26.2 Å². The molecule has 19 heavy (non-hydrogen) atoms. The molecule has 0 unspecified atom stereocenters. The molecule has 0 saturated carbocycles. The molecule has 0 aromatic heterocycles. The topological polar surface area (TPSA) is 22.2 Å². The first-order valence-electron chi connectivity index (χ1n) is 7.16. The SMILES string of the molecule is CN(C)CCOCCN(C)C.CN1CCN(C)CC1. The lowest BCUT2D eigenvalue weighted by atomic mass is 10.4. The molecular weight excluding hydrogens is 240 g/mol. The molecule has 0 aromatic carbocycles. The van der Waals surface area contributed by atoms with Crippen molar-refractivity contribution in [2.45, 2.75) is 0 Å². The number of likely N-dealkylation sites (N-methyl/N-ethyl adjacent to an activating group) is 4. The van der Waals surface area contributed by atoms with Crippen molar-refractivity contribution < 1.29 is 4.74 Å². The maximum absolute atomic E-state index is 5.37. The minimum atomic E-state index is 0.834. The lowest BCUT2D eigenvalue weighted by Gasteiger charge is -2.28. The van der Waals surface area contributed by atoms with Crippen LogP contribution in [0.15, 0.2) is 0 Å². The van der Waals surface area contributed by atoms with E-state index in [4.69, 9.17) is 4.74 Å². The van der Waals surface area contributed by atoms with Crippen LogP contribution in [-0.2, 0) is 4.74 Å². The van der Waals surface area contributed by atoms with Gasteiger partial charge >= 0.3 is 0 Å². The second-order valence-electron chi connectivity index (χ2n) is 5.83. The summed E-state index contributed by atoms with van der Waals surface area (Å²) in [5, 5.41) is 0. The van der Waals surface area contributed by atoms with Crippen LogP contribution in [0.2, 0.25) is 0 Å². The minimum absolute atomic E-state index is 0.834. The Kier molecular flexibility index (Phi) is 11.5. The van der Waals surface area contributed by atoms with Crippen molar-refractivity contribution in [3.05, 3.63) is 0 Å². The molecular formula is C14H34N4O. The van der Waals surface area contributed by atoms with E-state index >= 15 is 0 Å². The molecule has 0 N–H and O–H groups in total. The van der Waals surface area contributed by atoms with Gasteiger partial charge in [-0.3, -0.25) is 0 Å². The zero-order chi connectivity index (χ0) is 14.7. The van der Waals surface area contributed by atoms with Gasteiger partial charge in [0.15, 0.2) is 0 Å². The fourth-order valence-electron chi connectivity index (χ4n) is 1.50. The monoisotopic (exact) mass is 274 g/mol. The standard InChI is InChI=1S/C8H20N2O.C6H14N2/c1-9(2)5-7-11-8-6-10(3)4;1-7-3-5-8(2)6-4-7/h5-8H2,1-4H3;3-6H2,1-2H3. The summed E-state index contributed by atoms with van der Waals surface area (Å²) in [5.74, 6) is 0. The third-order valence-electron chi connectivity index (χ3n) is 3.09. The Hall–Kier alpha value is -0.200. The number of hydrogen-bond donors (Lipinski definition) is 0. The molecule has 0 aliphatic carbocycles. The van der Waals surface area contributed by atoms with E-state index in [0.717, 1.165) is 26.3 Å². The zero-order valence-corrected chi connectivity index (χ0v) is 13.9. The van der Waals surface area contributed by atoms with Gasteiger partial charge in [-0.2, -0.15) is 0 Å². The van der Waals surface area contributed by atoms with Crippen LogP contribution in [0.5, 0.6) is 0 Å². The maximum atomic E-state index is 5.37. The Morgan fingerprint density at radius 2 is 1.05 bits per heavy atom. The first kappa shape index (κ1) is 18.8. The van der Waals surface area contributed by atoms with Crippen LogP contribution < -0.4 is 0 Å². The van der Waals surface area contributed by atoms with Crippen LogP contribution in [0.4, 0.5) is 0 Å². The summed E-state index contributed by atoms with van der Waals surface area (Å²) < 4.78 is 5.37. The largest absolute Gasteiger partial charge is 0.379 e. The highest BCUT2D eigenvalue weighted by atomic mass is 16.5. The average molecular weight is 274 g/mol. The predicted molar refractivity (Wildman–Crippen MR) is 82.9 cm³/mol. The Balaban J connectivity index is 0.000000356. The smallest absolute Gasteiger partial charge is 0.0593 e.